The summed E-state index contributed by atoms with van der Waals surface area (Å²) in [4.78, 5) is 24.1. The monoisotopic (exact) mass is 422 g/mol. The summed E-state index contributed by atoms with van der Waals surface area (Å²) in [5, 5.41) is 15.6. The molecule has 2 N–H and O–H groups in total. The van der Waals surface area contributed by atoms with Crippen molar-refractivity contribution in [3.05, 3.63) is 77.4 Å². The van der Waals surface area contributed by atoms with Crippen LogP contribution < -0.4 is 4.90 Å². The van der Waals surface area contributed by atoms with E-state index in [1.807, 2.05) is 0 Å². The van der Waals surface area contributed by atoms with Gasteiger partial charge in [-0.15, -0.1) is 0 Å². The number of para-hydroxylation sites is 1. The number of carbonyl (C=O) groups is 2. The minimum atomic E-state index is -1.26. The molecule has 0 spiro atoms. The third kappa shape index (κ3) is 5.95. The highest BCUT2D eigenvalue weighted by Gasteiger charge is 2.33. The van der Waals surface area contributed by atoms with Crippen molar-refractivity contribution in [2.24, 2.45) is 5.92 Å². The number of piperidine rings is 1. The SMILES string of the molecule is CN(C)CC1CCN2c3ccccc3Cc3ccccc3C2C1.O=C(O)C=CC(=O)O. The fourth-order valence-electron chi connectivity index (χ4n) is 4.61. The topological polar surface area (TPSA) is 81.1 Å². The van der Waals surface area contributed by atoms with Gasteiger partial charge in [0.2, 0.25) is 0 Å². The number of carboxylic acids is 2. The van der Waals surface area contributed by atoms with Crippen LogP contribution in [0.4, 0.5) is 5.69 Å². The van der Waals surface area contributed by atoms with Crippen molar-refractivity contribution in [2.45, 2.75) is 25.3 Å². The summed E-state index contributed by atoms with van der Waals surface area (Å²) < 4.78 is 0. The van der Waals surface area contributed by atoms with Crippen LogP contribution >= 0.6 is 0 Å². The Balaban J connectivity index is 0.000000293. The van der Waals surface area contributed by atoms with Crippen molar-refractivity contribution in [1.29, 1.82) is 0 Å². The van der Waals surface area contributed by atoms with E-state index in [2.05, 4.69) is 72.4 Å². The molecule has 31 heavy (non-hydrogen) atoms. The van der Waals surface area contributed by atoms with Gasteiger partial charge in [0.15, 0.2) is 0 Å². The molecule has 0 aromatic heterocycles. The molecule has 0 amide bonds. The molecule has 2 unspecified atom stereocenters. The first-order chi connectivity index (χ1) is 14.8. The quantitative estimate of drug-likeness (QED) is 0.729. The van der Waals surface area contributed by atoms with E-state index >= 15 is 0 Å². The third-order valence-corrected chi connectivity index (χ3v) is 5.80. The van der Waals surface area contributed by atoms with E-state index in [0.717, 1.165) is 12.3 Å². The summed E-state index contributed by atoms with van der Waals surface area (Å²) in [5.74, 6) is -1.72. The van der Waals surface area contributed by atoms with Crippen molar-refractivity contribution in [3.63, 3.8) is 0 Å². The minimum Gasteiger partial charge on any atom is -0.478 e. The molecule has 2 aromatic carbocycles. The number of nitrogens with zero attached hydrogens (tertiary/aromatic N) is 2. The maximum Gasteiger partial charge on any atom is 0.328 e. The summed E-state index contributed by atoms with van der Waals surface area (Å²) in [5.41, 5.74) is 6.00. The van der Waals surface area contributed by atoms with E-state index in [0.29, 0.717) is 18.2 Å². The number of rotatable bonds is 4. The van der Waals surface area contributed by atoms with Gasteiger partial charge in [-0.3, -0.25) is 0 Å². The first-order valence-corrected chi connectivity index (χ1v) is 10.6. The molecule has 2 atom stereocenters. The standard InChI is InChI=1S/C21H26N2.C4H4O4/c1-22(2)15-16-11-12-23-20-10-6-4-8-18(20)14-17-7-3-5-9-19(17)21(23)13-16;5-3(6)1-2-4(7)8/h3-10,16,21H,11-15H2,1-2H3;1-2H,(H,5,6)(H,7,8). The van der Waals surface area contributed by atoms with Crippen LogP contribution in [-0.2, 0) is 16.0 Å². The Kier molecular flexibility index (Phi) is 7.47. The maximum absolute atomic E-state index is 9.55. The lowest BCUT2D eigenvalue weighted by Gasteiger charge is -2.42. The second-order valence-electron chi connectivity index (χ2n) is 8.38. The van der Waals surface area contributed by atoms with Crippen LogP contribution in [0.1, 0.15) is 35.6 Å². The highest BCUT2D eigenvalue weighted by Crippen LogP contribution is 2.43. The molecule has 6 heteroatoms. The molecule has 1 fully saturated rings. The summed E-state index contributed by atoms with van der Waals surface area (Å²) in [6, 6.07) is 18.6. The molecule has 164 valence electrons. The average molecular weight is 423 g/mol. The van der Waals surface area contributed by atoms with Gasteiger partial charge in [-0.05, 0) is 62.0 Å². The Hall–Kier alpha value is -3.12. The van der Waals surface area contributed by atoms with E-state index in [1.165, 1.54) is 42.7 Å². The molecular weight excluding hydrogens is 392 g/mol. The fraction of sp³-hybridized carbons (Fsp3) is 0.360. The Morgan fingerprint density at radius 1 is 1.00 bits per heavy atom. The number of aliphatic carboxylic acids is 2. The zero-order chi connectivity index (χ0) is 22.4. The van der Waals surface area contributed by atoms with Gasteiger partial charge < -0.3 is 20.0 Å². The molecule has 2 heterocycles. The Labute approximate surface area is 183 Å². The first kappa shape index (κ1) is 22.6. The van der Waals surface area contributed by atoms with Crippen molar-refractivity contribution < 1.29 is 19.8 Å². The number of benzene rings is 2. The van der Waals surface area contributed by atoms with Crippen molar-refractivity contribution >= 4 is 17.6 Å². The van der Waals surface area contributed by atoms with Gasteiger partial charge in [0.1, 0.15) is 0 Å². The predicted octanol–water partition coefficient (Wildman–Crippen LogP) is 3.82. The van der Waals surface area contributed by atoms with Crippen LogP contribution in [0, 0.1) is 5.92 Å². The van der Waals surface area contributed by atoms with Gasteiger partial charge in [0.25, 0.3) is 0 Å². The molecule has 0 radical (unpaired) electrons. The number of hydrogen-bond acceptors (Lipinski definition) is 4. The Bertz CT molecular complexity index is 938. The van der Waals surface area contributed by atoms with E-state index in [-0.39, 0.29) is 0 Å². The van der Waals surface area contributed by atoms with Crippen molar-refractivity contribution in [2.75, 3.05) is 32.1 Å². The number of fused-ring (bicyclic) bond motifs is 5. The lowest BCUT2D eigenvalue weighted by Crippen LogP contribution is -2.39. The molecule has 2 aromatic rings. The van der Waals surface area contributed by atoms with E-state index < -0.39 is 11.9 Å². The van der Waals surface area contributed by atoms with Gasteiger partial charge in [0.05, 0.1) is 6.04 Å². The number of carboxylic acid groups (broad SMARTS) is 2. The average Bonchev–Trinajstić information content (AvgIpc) is 2.87. The normalized spacial score (nSPS) is 19.5. The van der Waals surface area contributed by atoms with E-state index in [4.69, 9.17) is 10.2 Å². The van der Waals surface area contributed by atoms with Crippen molar-refractivity contribution in [1.82, 2.24) is 4.90 Å². The zero-order valence-electron chi connectivity index (χ0n) is 18.1. The summed E-state index contributed by atoms with van der Waals surface area (Å²) in [7, 11) is 4.39. The molecule has 0 aliphatic carbocycles. The van der Waals surface area contributed by atoms with Crippen LogP contribution in [-0.4, -0.2) is 54.2 Å². The summed E-state index contributed by atoms with van der Waals surface area (Å²) in [6.45, 7) is 2.38. The van der Waals surface area contributed by atoms with Crippen molar-refractivity contribution in [3.8, 4) is 0 Å². The predicted molar refractivity (Wildman–Crippen MR) is 121 cm³/mol. The summed E-state index contributed by atoms with van der Waals surface area (Å²) in [6.07, 6.45) is 4.75. The Morgan fingerprint density at radius 3 is 2.26 bits per heavy atom. The van der Waals surface area contributed by atoms with Crippen LogP contribution in [0.25, 0.3) is 0 Å². The van der Waals surface area contributed by atoms with Gasteiger partial charge in [-0.1, -0.05) is 42.5 Å². The lowest BCUT2D eigenvalue weighted by molar-refractivity contribution is -0.134. The lowest BCUT2D eigenvalue weighted by atomic mass is 9.85. The number of anilines is 1. The molecule has 6 nitrogen and oxygen atoms in total. The largest absolute Gasteiger partial charge is 0.478 e. The second-order valence-corrected chi connectivity index (χ2v) is 8.38. The van der Waals surface area contributed by atoms with Gasteiger partial charge in [0, 0.05) is 30.9 Å². The molecule has 0 bridgehead atoms. The highest BCUT2D eigenvalue weighted by atomic mass is 16.4. The van der Waals surface area contributed by atoms with Crippen LogP contribution in [0.2, 0.25) is 0 Å². The molecule has 1 saturated heterocycles. The van der Waals surface area contributed by atoms with Gasteiger partial charge in [-0.2, -0.15) is 0 Å². The minimum absolute atomic E-state index is 0.536. The number of hydrogen-bond donors (Lipinski definition) is 2. The van der Waals surface area contributed by atoms with Crippen LogP contribution in [0.3, 0.4) is 0 Å². The van der Waals surface area contributed by atoms with E-state index in [1.54, 1.807) is 5.56 Å². The molecular formula is C25H30N2O4. The molecule has 2 aliphatic rings. The third-order valence-electron chi connectivity index (χ3n) is 5.80. The molecule has 2 aliphatic heterocycles. The smallest absolute Gasteiger partial charge is 0.328 e. The van der Waals surface area contributed by atoms with E-state index in [9.17, 15) is 9.59 Å². The zero-order valence-corrected chi connectivity index (χ0v) is 18.1. The van der Waals surface area contributed by atoms with Crippen LogP contribution in [0.5, 0.6) is 0 Å². The van der Waals surface area contributed by atoms with Crippen LogP contribution in [0.15, 0.2) is 60.7 Å². The molecule has 0 saturated carbocycles. The summed E-state index contributed by atoms with van der Waals surface area (Å²) >= 11 is 0. The first-order valence-electron chi connectivity index (χ1n) is 10.6. The second kappa shape index (κ2) is 10.3. The van der Waals surface area contributed by atoms with Gasteiger partial charge >= 0.3 is 11.9 Å². The maximum atomic E-state index is 9.55. The molecule has 4 rings (SSSR count). The Morgan fingerprint density at radius 2 is 1.61 bits per heavy atom. The fourth-order valence-corrected chi connectivity index (χ4v) is 4.61. The van der Waals surface area contributed by atoms with Gasteiger partial charge in [-0.25, -0.2) is 9.59 Å². The highest BCUT2D eigenvalue weighted by molar-refractivity contribution is 5.89.